The first-order chi connectivity index (χ1) is 10.6. The quantitative estimate of drug-likeness (QED) is 0.867. The summed E-state index contributed by atoms with van der Waals surface area (Å²) in [7, 11) is 0. The molecule has 0 aromatic heterocycles. The fourth-order valence-corrected chi connectivity index (χ4v) is 3.80. The van der Waals surface area contributed by atoms with Crippen LogP contribution in [0.2, 0.25) is 0 Å². The van der Waals surface area contributed by atoms with Gasteiger partial charge in [0, 0.05) is 18.7 Å². The third-order valence-corrected chi connectivity index (χ3v) is 5.37. The number of hydrogen-bond acceptors (Lipinski definition) is 3. The number of aliphatic hydroxyl groups excluding tert-OH is 1. The zero-order valence-electron chi connectivity index (χ0n) is 12.8. The summed E-state index contributed by atoms with van der Waals surface area (Å²) >= 11 is 0. The van der Waals surface area contributed by atoms with Gasteiger partial charge in [0.1, 0.15) is 0 Å². The van der Waals surface area contributed by atoms with Crippen LogP contribution in [0.15, 0.2) is 24.3 Å². The van der Waals surface area contributed by atoms with E-state index >= 15 is 0 Å². The van der Waals surface area contributed by atoms with E-state index in [1.54, 1.807) is 24.3 Å². The number of amides is 1. The fraction of sp³-hybridized carbons (Fsp3) is 0.556. The zero-order chi connectivity index (χ0) is 15.6. The van der Waals surface area contributed by atoms with Gasteiger partial charge in [0.25, 0.3) is 5.91 Å². The van der Waals surface area contributed by atoms with Gasteiger partial charge < -0.3 is 10.0 Å². The first kappa shape index (κ1) is 15.1. The second kappa shape index (κ2) is 6.10. The minimum Gasteiger partial charge on any atom is -0.393 e. The van der Waals surface area contributed by atoms with Gasteiger partial charge >= 0.3 is 0 Å². The molecule has 1 aliphatic carbocycles. The third kappa shape index (κ3) is 3.00. The van der Waals surface area contributed by atoms with Crippen LogP contribution in [0, 0.1) is 16.7 Å². The van der Waals surface area contributed by atoms with E-state index in [0.717, 1.165) is 51.6 Å². The molecule has 1 aromatic rings. The van der Waals surface area contributed by atoms with Crippen molar-refractivity contribution >= 4 is 5.91 Å². The molecule has 2 fully saturated rings. The van der Waals surface area contributed by atoms with Gasteiger partial charge in [-0.05, 0) is 62.1 Å². The molecule has 1 N–H and O–H groups in total. The molecule has 1 aromatic carbocycles. The topological polar surface area (TPSA) is 64.3 Å². The predicted octanol–water partition coefficient (Wildman–Crippen LogP) is 2.72. The monoisotopic (exact) mass is 298 g/mol. The Morgan fingerprint density at radius 1 is 1.23 bits per heavy atom. The average Bonchev–Trinajstić information content (AvgIpc) is 2.58. The highest BCUT2D eigenvalue weighted by atomic mass is 16.3. The van der Waals surface area contributed by atoms with Crippen LogP contribution in [0.4, 0.5) is 0 Å². The Morgan fingerprint density at radius 2 is 1.91 bits per heavy atom. The van der Waals surface area contributed by atoms with E-state index in [9.17, 15) is 9.90 Å². The van der Waals surface area contributed by atoms with Gasteiger partial charge in [0.15, 0.2) is 0 Å². The summed E-state index contributed by atoms with van der Waals surface area (Å²) in [6, 6.07) is 9.02. The van der Waals surface area contributed by atoms with Gasteiger partial charge in [-0.2, -0.15) is 5.26 Å². The van der Waals surface area contributed by atoms with Crippen LogP contribution in [-0.2, 0) is 0 Å². The summed E-state index contributed by atoms with van der Waals surface area (Å²) in [6.45, 7) is 1.57. The molecule has 1 amide bonds. The number of aliphatic hydroxyl groups is 1. The lowest BCUT2D eigenvalue weighted by molar-refractivity contribution is 0.0168. The average molecular weight is 298 g/mol. The lowest BCUT2D eigenvalue weighted by Crippen LogP contribution is -2.45. The SMILES string of the molecule is N#Cc1cccc(C(=O)N2CCC3(CCC(O)CC3)CC2)c1. The summed E-state index contributed by atoms with van der Waals surface area (Å²) in [6.07, 6.45) is 5.91. The molecule has 1 saturated heterocycles. The highest BCUT2D eigenvalue weighted by molar-refractivity contribution is 5.94. The molecule has 0 radical (unpaired) electrons. The first-order valence-corrected chi connectivity index (χ1v) is 8.09. The Kier molecular flexibility index (Phi) is 4.17. The summed E-state index contributed by atoms with van der Waals surface area (Å²) in [4.78, 5) is 14.5. The van der Waals surface area contributed by atoms with E-state index in [-0.39, 0.29) is 12.0 Å². The second-order valence-electron chi connectivity index (χ2n) is 6.72. The number of hydrogen-bond donors (Lipinski definition) is 1. The third-order valence-electron chi connectivity index (χ3n) is 5.37. The van der Waals surface area contributed by atoms with Gasteiger partial charge in [-0.1, -0.05) is 6.07 Å². The Hall–Kier alpha value is -1.86. The molecule has 0 atom stereocenters. The summed E-state index contributed by atoms with van der Waals surface area (Å²) in [5, 5.41) is 18.6. The van der Waals surface area contributed by atoms with Crippen LogP contribution in [0.1, 0.15) is 54.4 Å². The summed E-state index contributed by atoms with van der Waals surface area (Å²) in [5.74, 6) is 0.0304. The van der Waals surface area contributed by atoms with Crippen LogP contribution in [0.3, 0.4) is 0 Å². The fourth-order valence-electron chi connectivity index (χ4n) is 3.80. The molecule has 116 valence electrons. The molecule has 1 saturated carbocycles. The predicted molar refractivity (Wildman–Crippen MR) is 83.2 cm³/mol. The molecule has 3 rings (SSSR count). The number of carbonyl (C=O) groups excluding carboxylic acids is 1. The maximum Gasteiger partial charge on any atom is 0.253 e. The number of carbonyl (C=O) groups is 1. The van der Waals surface area contributed by atoms with E-state index in [0.29, 0.717) is 16.5 Å². The molecule has 1 aliphatic heterocycles. The van der Waals surface area contributed by atoms with Crippen molar-refractivity contribution in [2.24, 2.45) is 5.41 Å². The van der Waals surface area contributed by atoms with E-state index in [2.05, 4.69) is 6.07 Å². The largest absolute Gasteiger partial charge is 0.393 e. The molecule has 1 heterocycles. The second-order valence-corrected chi connectivity index (χ2v) is 6.72. The maximum atomic E-state index is 12.6. The Morgan fingerprint density at radius 3 is 2.55 bits per heavy atom. The van der Waals surface area contributed by atoms with Crippen LogP contribution in [0.25, 0.3) is 0 Å². The standard InChI is InChI=1S/C18H22N2O2/c19-13-14-2-1-3-15(12-14)17(22)20-10-8-18(9-11-20)6-4-16(21)5-7-18/h1-3,12,16,21H,4-11H2. The van der Waals surface area contributed by atoms with Crippen LogP contribution in [0.5, 0.6) is 0 Å². The van der Waals surface area contributed by atoms with E-state index in [1.807, 2.05) is 4.90 Å². The lowest BCUT2D eigenvalue weighted by atomic mass is 9.67. The van der Waals surface area contributed by atoms with Gasteiger partial charge in [-0.15, -0.1) is 0 Å². The van der Waals surface area contributed by atoms with Crippen molar-refractivity contribution in [2.75, 3.05) is 13.1 Å². The number of nitrogens with zero attached hydrogens (tertiary/aromatic N) is 2. The number of piperidine rings is 1. The maximum absolute atomic E-state index is 12.6. The molecule has 0 unspecified atom stereocenters. The minimum atomic E-state index is -0.126. The molecule has 22 heavy (non-hydrogen) atoms. The van der Waals surface area contributed by atoms with Crippen LogP contribution < -0.4 is 0 Å². The van der Waals surface area contributed by atoms with Gasteiger partial charge in [-0.25, -0.2) is 0 Å². The zero-order valence-corrected chi connectivity index (χ0v) is 12.8. The van der Waals surface area contributed by atoms with Crippen LogP contribution in [-0.4, -0.2) is 35.1 Å². The Bertz CT molecular complexity index is 587. The summed E-state index contributed by atoms with van der Waals surface area (Å²) in [5.41, 5.74) is 1.47. The van der Waals surface area contributed by atoms with Crippen molar-refractivity contribution in [1.82, 2.24) is 4.90 Å². The number of rotatable bonds is 1. The number of benzene rings is 1. The van der Waals surface area contributed by atoms with Gasteiger partial charge in [0.05, 0.1) is 17.7 Å². The Balaban J connectivity index is 1.63. The molecule has 1 spiro atoms. The summed E-state index contributed by atoms with van der Waals surface area (Å²) < 4.78 is 0. The van der Waals surface area contributed by atoms with Crippen molar-refractivity contribution in [3.05, 3.63) is 35.4 Å². The minimum absolute atomic E-state index is 0.0304. The van der Waals surface area contributed by atoms with Crippen molar-refractivity contribution < 1.29 is 9.90 Å². The van der Waals surface area contributed by atoms with E-state index < -0.39 is 0 Å². The first-order valence-electron chi connectivity index (χ1n) is 8.09. The number of likely N-dealkylation sites (tertiary alicyclic amines) is 1. The molecule has 4 heteroatoms. The van der Waals surface area contributed by atoms with Crippen molar-refractivity contribution in [2.45, 2.75) is 44.6 Å². The normalized spacial score (nSPS) is 21.5. The molecular weight excluding hydrogens is 276 g/mol. The highest BCUT2D eigenvalue weighted by Crippen LogP contribution is 2.44. The molecular formula is C18H22N2O2. The van der Waals surface area contributed by atoms with Crippen molar-refractivity contribution in [1.29, 1.82) is 5.26 Å². The highest BCUT2D eigenvalue weighted by Gasteiger charge is 2.38. The molecule has 2 aliphatic rings. The Labute approximate surface area is 131 Å². The lowest BCUT2D eigenvalue weighted by Gasteiger charge is -2.45. The molecule has 0 bridgehead atoms. The smallest absolute Gasteiger partial charge is 0.253 e. The van der Waals surface area contributed by atoms with Crippen LogP contribution >= 0.6 is 0 Å². The van der Waals surface area contributed by atoms with Crippen molar-refractivity contribution in [3.63, 3.8) is 0 Å². The van der Waals surface area contributed by atoms with E-state index in [1.165, 1.54) is 0 Å². The van der Waals surface area contributed by atoms with Crippen molar-refractivity contribution in [3.8, 4) is 6.07 Å². The molecule has 4 nitrogen and oxygen atoms in total. The van der Waals surface area contributed by atoms with E-state index in [4.69, 9.17) is 5.26 Å². The van der Waals surface area contributed by atoms with Gasteiger partial charge in [-0.3, -0.25) is 4.79 Å². The number of nitriles is 1. The van der Waals surface area contributed by atoms with Gasteiger partial charge in [0.2, 0.25) is 0 Å².